The van der Waals surface area contributed by atoms with E-state index in [4.69, 9.17) is 5.84 Å². The normalized spacial score (nSPS) is 10.3. The maximum absolute atomic E-state index is 12.8. The van der Waals surface area contributed by atoms with E-state index in [-0.39, 0.29) is 5.82 Å². The minimum Gasteiger partial charge on any atom is -0.306 e. The molecule has 0 amide bonds. The first-order valence-electron chi connectivity index (χ1n) is 3.69. The molecule has 5 heteroatoms. The number of fused-ring (bicyclic) bond motifs is 1. The number of hydrogen-bond acceptors (Lipinski definition) is 4. The highest BCUT2D eigenvalue weighted by Crippen LogP contribution is 2.19. The van der Waals surface area contributed by atoms with Crippen LogP contribution in [-0.2, 0) is 0 Å². The maximum atomic E-state index is 12.8. The van der Waals surface area contributed by atoms with Crippen molar-refractivity contribution in [2.45, 2.75) is 0 Å². The largest absolute Gasteiger partial charge is 0.306 e. The molecule has 0 aliphatic rings. The van der Waals surface area contributed by atoms with Crippen molar-refractivity contribution in [1.29, 1.82) is 0 Å². The molecule has 0 aliphatic heterocycles. The second kappa shape index (κ2) is 2.95. The lowest BCUT2D eigenvalue weighted by Gasteiger charge is -2.02. The van der Waals surface area contributed by atoms with Crippen LogP contribution >= 0.6 is 0 Å². The Morgan fingerprint density at radius 1 is 1.38 bits per heavy atom. The first-order chi connectivity index (χ1) is 6.31. The van der Waals surface area contributed by atoms with Gasteiger partial charge in [-0.2, -0.15) is 5.10 Å². The Morgan fingerprint density at radius 2 is 2.23 bits per heavy atom. The Morgan fingerprint density at radius 3 is 3.00 bits per heavy atom. The summed E-state index contributed by atoms with van der Waals surface area (Å²) in [5.74, 6) is 5.24. The zero-order valence-electron chi connectivity index (χ0n) is 6.66. The molecule has 13 heavy (non-hydrogen) atoms. The first-order valence-corrected chi connectivity index (χ1v) is 3.69. The first kappa shape index (κ1) is 7.88. The van der Waals surface area contributed by atoms with E-state index in [0.29, 0.717) is 11.2 Å². The summed E-state index contributed by atoms with van der Waals surface area (Å²) in [7, 11) is 0. The third kappa shape index (κ3) is 1.29. The van der Waals surface area contributed by atoms with Gasteiger partial charge in [-0.3, -0.25) is 0 Å². The highest BCUT2D eigenvalue weighted by Gasteiger charge is 2.02. The molecule has 3 N–H and O–H groups in total. The van der Waals surface area contributed by atoms with Crippen molar-refractivity contribution in [1.82, 2.24) is 10.2 Å². The van der Waals surface area contributed by atoms with Gasteiger partial charge in [0.05, 0.1) is 6.20 Å². The monoisotopic (exact) mass is 178 g/mol. The molecule has 0 aliphatic carbocycles. The number of anilines is 1. The summed E-state index contributed by atoms with van der Waals surface area (Å²) in [4.78, 5) is 0. The van der Waals surface area contributed by atoms with Gasteiger partial charge in [0.15, 0.2) is 5.82 Å². The van der Waals surface area contributed by atoms with Crippen LogP contribution in [0.1, 0.15) is 0 Å². The topological polar surface area (TPSA) is 63.8 Å². The second-order valence-corrected chi connectivity index (χ2v) is 2.57. The lowest BCUT2D eigenvalue weighted by Crippen LogP contribution is -2.09. The minimum atomic E-state index is -0.322. The third-order valence-electron chi connectivity index (χ3n) is 1.76. The number of hydrogen-bond donors (Lipinski definition) is 2. The number of halogens is 1. The van der Waals surface area contributed by atoms with E-state index in [0.717, 1.165) is 5.39 Å². The van der Waals surface area contributed by atoms with Gasteiger partial charge >= 0.3 is 0 Å². The predicted molar refractivity (Wildman–Crippen MR) is 47.3 cm³/mol. The number of rotatable bonds is 1. The molecule has 0 spiro atoms. The minimum absolute atomic E-state index is 0.322. The van der Waals surface area contributed by atoms with Gasteiger partial charge in [-0.15, -0.1) is 5.10 Å². The van der Waals surface area contributed by atoms with Crippen LogP contribution in [0.2, 0.25) is 0 Å². The van der Waals surface area contributed by atoms with Crippen molar-refractivity contribution in [3.63, 3.8) is 0 Å². The smallest absolute Gasteiger partial charge is 0.170 e. The van der Waals surface area contributed by atoms with Crippen molar-refractivity contribution in [3.8, 4) is 0 Å². The molecule has 1 aromatic heterocycles. The molecule has 66 valence electrons. The molecule has 1 aromatic carbocycles. The Balaban J connectivity index is 2.79. The van der Waals surface area contributed by atoms with Crippen molar-refractivity contribution in [3.05, 3.63) is 30.2 Å². The average Bonchev–Trinajstić information content (AvgIpc) is 2.17. The van der Waals surface area contributed by atoms with Crippen LogP contribution in [0.4, 0.5) is 10.2 Å². The van der Waals surface area contributed by atoms with Crippen molar-refractivity contribution in [2.75, 3.05) is 5.43 Å². The number of nitrogens with one attached hydrogen (secondary N) is 1. The highest BCUT2D eigenvalue weighted by molar-refractivity contribution is 5.90. The molecule has 0 bridgehead atoms. The summed E-state index contributed by atoms with van der Waals surface area (Å²) in [5, 5.41) is 8.83. The van der Waals surface area contributed by atoms with Crippen LogP contribution in [0.25, 0.3) is 10.8 Å². The Hall–Kier alpha value is -1.75. The van der Waals surface area contributed by atoms with Gasteiger partial charge in [-0.25, -0.2) is 10.2 Å². The van der Waals surface area contributed by atoms with Crippen LogP contribution in [0.15, 0.2) is 24.4 Å². The van der Waals surface area contributed by atoms with Crippen LogP contribution in [0, 0.1) is 5.82 Å². The molecule has 2 aromatic rings. The van der Waals surface area contributed by atoms with Crippen molar-refractivity contribution >= 4 is 16.6 Å². The zero-order valence-corrected chi connectivity index (χ0v) is 6.66. The average molecular weight is 178 g/mol. The van der Waals surface area contributed by atoms with Gasteiger partial charge in [0.25, 0.3) is 0 Å². The van der Waals surface area contributed by atoms with Gasteiger partial charge in [-0.1, -0.05) is 0 Å². The van der Waals surface area contributed by atoms with Crippen molar-refractivity contribution in [2.24, 2.45) is 5.84 Å². The summed E-state index contributed by atoms with van der Waals surface area (Å²) in [6.07, 6.45) is 1.55. The highest BCUT2D eigenvalue weighted by atomic mass is 19.1. The zero-order chi connectivity index (χ0) is 9.26. The molecule has 1 heterocycles. The van der Waals surface area contributed by atoms with E-state index in [1.54, 1.807) is 12.3 Å². The molecular formula is C8H7FN4. The number of benzene rings is 1. The fourth-order valence-electron chi connectivity index (χ4n) is 1.16. The Labute approximate surface area is 73.5 Å². The van der Waals surface area contributed by atoms with Gasteiger partial charge in [-0.05, 0) is 18.2 Å². The predicted octanol–water partition coefficient (Wildman–Crippen LogP) is 1.05. The summed E-state index contributed by atoms with van der Waals surface area (Å²) < 4.78 is 12.8. The third-order valence-corrected chi connectivity index (χ3v) is 1.76. The Kier molecular flexibility index (Phi) is 1.79. The summed E-state index contributed by atoms with van der Waals surface area (Å²) >= 11 is 0. The number of nitrogen functional groups attached to an aromatic ring is 1. The van der Waals surface area contributed by atoms with Crippen LogP contribution < -0.4 is 11.3 Å². The molecule has 0 saturated carbocycles. The van der Waals surface area contributed by atoms with Crippen LogP contribution in [-0.4, -0.2) is 10.2 Å². The summed E-state index contributed by atoms with van der Waals surface area (Å²) in [6, 6.07) is 4.35. The lowest BCUT2D eigenvalue weighted by molar-refractivity contribution is 0.629. The second-order valence-electron chi connectivity index (χ2n) is 2.57. The molecule has 0 unspecified atom stereocenters. The van der Waals surface area contributed by atoms with E-state index in [2.05, 4.69) is 15.6 Å². The van der Waals surface area contributed by atoms with Gasteiger partial charge in [0, 0.05) is 10.8 Å². The molecule has 0 atom stereocenters. The number of nitrogens with two attached hydrogens (primary N) is 1. The number of hydrazine groups is 1. The SMILES string of the molecule is NNc1nncc2ccc(F)cc12. The molecule has 0 radical (unpaired) electrons. The molecule has 0 saturated heterocycles. The molecule has 4 nitrogen and oxygen atoms in total. The molecular weight excluding hydrogens is 171 g/mol. The van der Waals surface area contributed by atoms with Crippen molar-refractivity contribution < 1.29 is 4.39 Å². The van der Waals surface area contributed by atoms with Gasteiger partial charge in [0.2, 0.25) is 0 Å². The van der Waals surface area contributed by atoms with E-state index in [9.17, 15) is 4.39 Å². The fourth-order valence-corrected chi connectivity index (χ4v) is 1.16. The summed E-state index contributed by atoms with van der Waals surface area (Å²) in [6.45, 7) is 0. The Bertz CT molecular complexity index is 443. The van der Waals surface area contributed by atoms with Gasteiger partial charge < -0.3 is 5.43 Å². The standard InChI is InChI=1S/C8H7FN4/c9-6-2-1-5-4-11-13-8(12-10)7(5)3-6/h1-4H,10H2,(H,12,13). The summed E-state index contributed by atoms with van der Waals surface area (Å²) in [5.41, 5.74) is 2.36. The maximum Gasteiger partial charge on any atom is 0.170 e. The van der Waals surface area contributed by atoms with E-state index in [1.165, 1.54) is 12.1 Å². The van der Waals surface area contributed by atoms with Gasteiger partial charge in [0.1, 0.15) is 5.82 Å². The van der Waals surface area contributed by atoms with Crippen LogP contribution in [0.3, 0.4) is 0 Å². The fraction of sp³-hybridized carbons (Fsp3) is 0. The van der Waals surface area contributed by atoms with E-state index >= 15 is 0 Å². The van der Waals surface area contributed by atoms with E-state index < -0.39 is 0 Å². The quantitative estimate of drug-likeness (QED) is 0.506. The number of aromatic nitrogens is 2. The van der Waals surface area contributed by atoms with E-state index in [1.807, 2.05) is 0 Å². The molecule has 0 fully saturated rings. The lowest BCUT2D eigenvalue weighted by atomic mass is 10.2. The number of nitrogens with zero attached hydrogens (tertiary/aromatic N) is 2. The van der Waals surface area contributed by atoms with Crippen LogP contribution in [0.5, 0.6) is 0 Å². The molecule has 2 rings (SSSR count).